The van der Waals surface area contributed by atoms with E-state index in [4.69, 9.17) is 0 Å². The maximum Gasteiger partial charge on any atom is 0.292 e. The Morgan fingerprint density at radius 3 is 2.61 bits per heavy atom. The van der Waals surface area contributed by atoms with E-state index < -0.39 is 4.92 Å². The van der Waals surface area contributed by atoms with Crippen molar-refractivity contribution in [3.63, 3.8) is 0 Å². The molecular formula is C11H7BrN2O3S. The largest absolute Gasteiger partial charge is 0.316 e. The minimum atomic E-state index is -0.528. The number of halogens is 1. The van der Waals surface area contributed by atoms with Crippen molar-refractivity contribution in [3.8, 4) is 0 Å². The fraction of sp³-hybridized carbons (Fsp3) is 0. The Bertz CT molecular complexity index is 612. The number of hydrogen-bond donors (Lipinski definition) is 1. The molecular weight excluding hydrogens is 320 g/mol. The summed E-state index contributed by atoms with van der Waals surface area (Å²) in [6, 6.07) is 9.43. The summed E-state index contributed by atoms with van der Waals surface area (Å²) in [7, 11) is 0. The third kappa shape index (κ3) is 2.74. The van der Waals surface area contributed by atoms with Crippen LogP contribution in [0.2, 0.25) is 0 Å². The molecule has 0 fully saturated rings. The average molecular weight is 327 g/mol. The van der Waals surface area contributed by atoms with Crippen LogP contribution in [0.25, 0.3) is 0 Å². The minimum Gasteiger partial charge on any atom is -0.316 e. The summed E-state index contributed by atoms with van der Waals surface area (Å²) in [5.74, 6) is -0.361. The maximum atomic E-state index is 11.9. The van der Waals surface area contributed by atoms with Crippen molar-refractivity contribution in [2.24, 2.45) is 0 Å². The van der Waals surface area contributed by atoms with E-state index in [-0.39, 0.29) is 17.3 Å². The Morgan fingerprint density at radius 1 is 1.28 bits per heavy atom. The molecule has 0 aliphatic rings. The van der Waals surface area contributed by atoms with Crippen LogP contribution < -0.4 is 5.32 Å². The first kappa shape index (κ1) is 12.7. The molecule has 0 radical (unpaired) electrons. The predicted octanol–water partition coefficient (Wildman–Crippen LogP) is 3.67. The molecule has 0 saturated carbocycles. The van der Waals surface area contributed by atoms with Crippen molar-refractivity contribution in [2.45, 2.75) is 0 Å². The van der Waals surface area contributed by atoms with Crippen LogP contribution in [0.15, 0.2) is 40.2 Å². The lowest BCUT2D eigenvalue weighted by atomic mass is 10.2. The number of nitrogens with one attached hydrogen (secondary N) is 1. The quantitative estimate of drug-likeness (QED) is 0.690. The summed E-state index contributed by atoms with van der Waals surface area (Å²) in [5.41, 5.74) is 0.0681. The van der Waals surface area contributed by atoms with E-state index in [2.05, 4.69) is 21.2 Å². The Hall–Kier alpha value is -1.73. The number of para-hydroxylation sites is 2. The van der Waals surface area contributed by atoms with Crippen LogP contribution in [-0.4, -0.2) is 10.8 Å². The molecule has 0 bridgehead atoms. The van der Waals surface area contributed by atoms with Crippen molar-refractivity contribution in [2.75, 3.05) is 5.32 Å². The van der Waals surface area contributed by atoms with Gasteiger partial charge in [-0.05, 0) is 34.1 Å². The van der Waals surface area contributed by atoms with Gasteiger partial charge in [-0.25, -0.2) is 0 Å². The van der Waals surface area contributed by atoms with Crippen molar-refractivity contribution in [3.05, 3.63) is 55.2 Å². The molecule has 0 aliphatic carbocycles. The predicted molar refractivity (Wildman–Crippen MR) is 73.1 cm³/mol. The molecule has 0 unspecified atom stereocenters. The molecule has 0 atom stereocenters. The molecule has 1 amide bonds. The Kier molecular flexibility index (Phi) is 3.73. The normalized spacial score (nSPS) is 10.1. The van der Waals surface area contributed by atoms with Gasteiger partial charge in [-0.2, -0.15) is 0 Å². The average Bonchev–Trinajstić information content (AvgIpc) is 2.76. The molecule has 1 aromatic heterocycles. The fourth-order valence-corrected chi connectivity index (χ4v) is 2.64. The van der Waals surface area contributed by atoms with Gasteiger partial charge < -0.3 is 5.32 Å². The second-order valence-electron chi connectivity index (χ2n) is 3.33. The molecule has 5 nitrogen and oxygen atoms in total. The smallest absolute Gasteiger partial charge is 0.292 e. The Balaban J connectivity index is 2.24. The van der Waals surface area contributed by atoms with Crippen LogP contribution in [0.1, 0.15) is 9.67 Å². The van der Waals surface area contributed by atoms with Crippen molar-refractivity contribution < 1.29 is 9.72 Å². The van der Waals surface area contributed by atoms with Gasteiger partial charge in [0.2, 0.25) is 0 Å². The third-order valence-corrected chi connectivity index (χ3v) is 3.77. The lowest BCUT2D eigenvalue weighted by molar-refractivity contribution is -0.383. The molecule has 7 heteroatoms. The number of hydrogen-bond acceptors (Lipinski definition) is 4. The Morgan fingerprint density at radius 2 is 2.00 bits per heavy atom. The zero-order chi connectivity index (χ0) is 13.1. The molecule has 1 aromatic carbocycles. The monoisotopic (exact) mass is 326 g/mol. The van der Waals surface area contributed by atoms with E-state index in [1.54, 1.807) is 24.3 Å². The number of nitro benzene ring substituents is 1. The number of benzene rings is 1. The number of carbonyl (C=O) groups excluding carboxylic acids is 1. The zero-order valence-electron chi connectivity index (χ0n) is 8.92. The molecule has 0 saturated heterocycles. The van der Waals surface area contributed by atoms with Crippen LogP contribution in [-0.2, 0) is 0 Å². The highest BCUT2D eigenvalue weighted by molar-refractivity contribution is 9.11. The number of nitrogens with zero attached hydrogens (tertiary/aromatic N) is 1. The summed E-state index contributed by atoms with van der Waals surface area (Å²) in [6.07, 6.45) is 0. The number of amides is 1. The van der Waals surface area contributed by atoms with Crippen LogP contribution in [0.4, 0.5) is 11.4 Å². The number of anilines is 1. The van der Waals surface area contributed by atoms with Crippen LogP contribution in [0.5, 0.6) is 0 Å². The summed E-state index contributed by atoms with van der Waals surface area (Å²) in [4.78, 5) is 22.6. The lowest BCUT2D eigenvalue weighted by Gasteiger charge is -2.03. The second kappa shape index (κ2) is 5.28. The standard InChI is InChI=1S/C11H7BrN2O3S/c12-10-6-5-9(18-10)11(15)13-7-3-1-2-4-8(7)14(16)17/h1-6H,(H,13,15). The third-order valence-electron chi connectivity index (χ3n) is 2.15. The first-order chi connectivity index (χ1) is 8.58. The van der Waals surface area contributed by atoms with Crippen LogP contribution in [0.3, 0.4) is 0 Å². The minimum absolute atomic E-state index is 0.124. The fourth-order valence-electron chi connectivity index (χ4n) is 1.36. The summed E-state index contributed by atoms with van der Waals surface area (Å²) in [5, 5.41) is 13.3. The van der Waals surface area contributed by atoms with E-state index in [1.165, 1.54) is 23.5 Å². The van der Waals surface area contributed by atoms with Gasteiger partial charge in [0.15, 0.2) is 0 Å². The molecule has 18 heavy (non-hydrogen) atoms. The molecule has 2 aromatic rings. The van der Waals surface area contributed by atoms with Crippen LogP contribution >= 0.6 is 27.3 Å². The number of nitro groups is 1. The van der Waals surface area contributed by atoms with Gasteiger partial charge in [-0.3, -0.25) is 14.9 Å². The van der Waals surface area contributed by atoms with E-state index in [0.717, 1.165) is 3.79 Å². The van der Waals surface area contributed by atoms with Crippen molar-refractivity contribution >= 4 is 44.5 Å². The van der Waals surface area contributed by atoms with E-state index >= 15 is 0 Å². The first-order valence-corrected chi connectivity index (χ1v) is 6.49. The van der Waals surface area contributed by atoms with Gasteiger partial charge >= 0.3 is 0 Å². The molecule has 92 valence electrons. The number of rotatable bonds is 3. The summed E-state index contributed by atoms with van der Waals surface area (Å²) in [6.45, 7) is 0. The van der Waals surface area contributed by atoms with Crippen molar-refractivity contribution in [1.82, 2.24) is 0 Å². The first-order valence-electron chi connectivity index (χ1n) is 4.88. The molecule has 1 heterocycles. The highest BCUT2D eigenvalue weighted by atomic mass is 79.9. The van der Waals surface area contributed by atoms with E-state index in [1.807, 2.05) is 0 Å². The molecule has 2 rings (SSSR count). The molecule has 1 N–H and O–H groups in total. The summed E-state index contributed by atoms with van der Waals surface area (Å²) < 4.78 is 0.829. The number of carbonyl (C=O) groups is 1. The SMILES string of the molecule is O=C(Nc1ccccc1[N+](=O)[O-])c1ccc(Br)s1. The van der Waals surface area contributed by atoms with E-state index in [0.29, 0.717) is 4.88 Å². The second-order valence-corrected chi connectivity index (χ2v) is 5.80. The Labute approximate surface area is 115 Å². The highest BCUT2D eigenvalue weighted by Gasteiger charge is 2.16. The lowest BCUT2D eigenvalue weighted by Crippen LogP contribution is -2.11. The summed E-state index contributed by atoms with van der Waals surface area (Å²) >= 11 is 4.52. The maximum absolute atomic E-state index is 11.9. The topological polar surface area (TPSA) is 72.2 Å². The van der Waals surface area contributed by atoms with Gasteiger partial charge in [-0.15, -0.1) is 11.3 Å². The van der Waals surface area contributed by atoms with Gasteiger partial charge in [0.1, 0.15) is 5.69 Å². The van der Waals surface area contributed by atoms with Gasteiger partial charge in [-0.1, -0.05) is 12.1 Å². The van der Waals surface area contributed by atoms with E-state index in [9.17, 15) is 14.9 Å². The van der Waals surface area contributed by atoms with Crippen LogP contribution in [0, 0.1) is 10.1 Å². The van der Waals surface area contributed by atoms with Gasteiger partial charge in [0.05, 0.1) is 13.6 Å². The van der Waals surface area contributed by atoms with Gasteiger partial charge in [0.25, 0.3) is 11.6 Å². The molecule has 0 spiro atoms. The number of thiophene rings is 1. The highest BCUT2D eigenvalue weighted by Crippen LogP contribution is 2.26. The van der Waals surface area contributed by atoms with Gasteiger partial charge in [0, 0.05) is 6.07 Å². The molecule has 0 aliphatic heterocycles. The van der Waals surface area contributed by atoms with Crippen molar-refractivity contribution in [1.29, 1.82) is 0 Å². The zero-order valence-corrected chi connectivity index (χ0v) is 11.3.